The lowest BCUT2D eigenvalue weighted by Crippen LogP contribution is -2.46. The van der Waals surface area contributed by atoms with Gasteiger partial charge in [0.2, 0.25) is 0 Å². The van der Waals surface area contributed by atoms with E-state index in [1.807, 2.05) is 0 Å². The van der Waals surface area contributed by atoms with E-state index in [1.165, 1.54) is 0 Å². The van der Waals surface area contributed by atoms with Gasteiger partial charge in [-0.05, 0) is 0 Å². The van der Waals surface area contributed by atoms with Crippen molar-refractivity contribution in [3.63, 3.8) is 0 Å². The summed E-state index contributed by atoms with van der Waals surface area (Å²) in [5, 5.41) is 21.1. The molecule has 2 rings (SSSR count). The van der Waals surface area contributed by atoms with Gasteiger partial charge in [0.25, 0.3) is 0 Å². The molecule has 8 nitrogen and oxygen atoms in total. The van der Waals surface area contributed by atoms with Crippen molar-refractivity contribution in [2.75, 3.05) is 13.1 Å². The van der Waals surface area contributed by atoms with Crippen molar-refractivity contribution < 1.29 is 19.8 Å². The zero-order valence-corrected chi connectivity index (χ0v) is 10.3. The largest absolute Gasteiger partial charge is 0.480 e. The summed E-state index contributed by atoms with van der Waals surface area (Å²) in [6.07, 6.45) is 4.33. The van der Waals surface area contributed by atoms with Crippen LogP contribution in [0.15, 0.2) is 18.7 Å². The molecular formula is C11H16N4O4. The van der Waals surface area contributed by atoms with Crippen LogP contribution in [0.2, 0.25) is 0 Å². The zero-order valence-electron chi connectivity index (χ0n) is 10.3. The first-order chi connectivity index (χ1) is 9.08. The molecule has 2 amide bonds. The van der Waals surface area contributed by atoms with Gasteiger partial charge < -0.3 is 25.0 Å². The Hall–Kier alpha value is -2.09. The molecule has 1 aliphatic heterocycles. The first kappa shape index (κ1) is 13.3. The zero-order chi connectivity index (χ0) is 13.8. The van der Waals surface area contributed by atoms with Crippen molar-refractivity contribution in [1.82, 2.24) is 19.8 Å². The topological polar surface area (TPSA) is 108 Å². The van der Waals surface area contributed by atoms with Crippen LogP contribution in [0.1, 0.15) is 6.42 Å². The molecule has 0 unspecified atom stereocenters. The van der Waals surface area contributed by atoms with E-state index in [0.717, 1.165) is 4.90 Å². The molecule has 3 N–H and O–H groups in total. The predicted octanol–water partition coefficient (Wildman–Crippen LogP) is -0.887. The number of likely N-dealkylation sites (tertiary alicyclic amines) is 1. The number of aromatic nitrogens is 2. The summed E-state index contributed by atoms with van der Waals surface area (Å²) in [6.45, 7) is 0.974. The third-order valence-corrected chi connectivity index (χ3v) is 3.03. The molecule has 1 aromatic rings. The number of amides is 2. The van der Waals surface area contributed by atoms with Crippen LogP contribution in [0, 0.1) is 0 Å². The minimum Gasteiger partial charge on any atom is -0.480 e. The third kappa shape index (κ3) is 3.22. The molecular weight excluding hydrogens is 252 g/mol. The van der Waals surface area contributed by atoms with E-state index in [1.54, 1.807) is 23.3 Å². The summed E-state index contributed by atoms with van der Waals surface area (Å²) in [5.74, 6) is -1.10. The Morgan fingerprint density at radius 2 is 2.26 bits per heavy atom. The van der Waals surface area contributed by atoms with Crippen LogP contribution >= 0.6 is 0 Å². The fourth-order valence-corrected chi connectivity index (χ4v) is 2.08. The highest BCUT2D eigenvalue weighted by molar-refractivity contribution is 5.83. The standard InChI is InChI=1S/C11H16N4O4/c16-8-5-9(10(17)18)15(6-8)11(19)13-2-4-14-3-1-12-7-14/h1,3,7-9,16H,2,4-6H2,(H,13,19)(H,17,18)/t8-,9+/m1/s1. The lowest BCUT2D eigenvalue weighted by atomic mass is 10.2. The van der Waals surface area contributed by atoms with Gasteiger partial charge in [0.15, 0.2) is 0 Å². The number of aliphatic hydroxyl groups excluding tert-OH is 1. The quantitative estimate of drug-likeness (QED) is 0.656. The average molecular weight is 268 g/mol. The minimum absolute atomic E-state index is 0.0495. The van der Waals surface area contributed by atoms with Crippen molar-refractivity contribution in [2.45, 2.75) is 25.1 Å². The minimum atomic E-state index is -1.10. The summed E-state index contributed by atoms with van der Waals surface area (Å²) < 4.78 is 1.80. The lowest BCUT2D eigenvalue weighted by molar-refractivity contribution is -0.141. The number of aliphatic carboxylic acids is 1. The number of hydrogen-bond donors (Lipinski definition) is 3. The molecule has 8 heteroatoms. The number of β-amino-alcohol motifs (C(OH)–C–C–N with tert-alkyl or cyclic N) is 1. The SMILES string of the molecule is O=C(O)[C@@H]1C[C@@H](O)CN1C(=O)NCCn1ccnc1. The highest BCUT2D eigenvalue weighted by Crippen LogP contribution is 2.17. The summed E-state index contributed by atoms with van der Waals surface area (Å²) >= 11 is 0. The van der Waals surface area contributed by atoms with Crippen molar-refractivity contribution in [3.8, 4) is 0 Å². The van der Waals surface area contributed by atoms with Gasteiger partial charge in [-0.3, -0.25) is 0 Å². The number of carbonyl (C=O) groups is 2. The molecule has 0 aromatic carbocycles. The number of carboxylic acid groups (broad SMARTS) is 1. The van der Waals surface area contributed by atoms with E-state index >= 15 is 0 Å². The summed E-state index contributed by atoms with van der Waals surface area (Å²) in [7, 11) is 0. The van der Waals surface area contributed by atoms with Crippen molar-refractivity contribution in [1.29, 1.82) is 0 Å². The number of nitrogens with zero attached hydrogens (tertiary/aromatic N) is 3. The maximum Gasteiger partial charge on any atom is 0.326 e. The Morgan fingerprint density at radius 3 is 2.89 bits per heavy atom. The van der Waals surface area contributed by atoms with E-state index in [-0.39, 0.29) is 13.0 Å². The molecule has 104 valence electrons. The van der Waals surface area contributed by atoms with Crippen molar-refractivity contribution in [2.24, 2.45) is 0 Å². The first-order valence-electron chi connectivity index (χ1n) is 5.99. The van der Waals surface area contributed by atoms with Crippen LogP contribution in [0.5, 0.6) is 0 Å². The molecule has 1 aliphatic rings. The Labute approximate surface area is 109 Å². The van der Waals surface area contributed by atoms with Crippen molar-refractivity contribution >= 4 is 12.0 Å². The molecule has 0 radical (unpaired) electrons. The van der Waals surface area contributed by atoms with Gasteiger partial charge in [0, 0.05) is 38.4 Å². The van der Waals surface area contributed by atoms with E-state index < -0.39 is 24.1 Å². The molecule has 1 saturated heterocycles. The first-order valence-corrected chi connectivity index (χ1v) is 5.99. The van der Waals surface area contributed by atoms with E-state index in [0.29, 0.717) is 13.1 Å². The Balaban J connectivity index is 1.83. The van der Waals surface area contributed by atoms with E-state index in [2.05, 4.69) is 10.3 Å². The predicted molar refractivity (Wildman–Crippen MR) is 64.4 cm³/mol. The number of hydrogen-bond acceptors (Lipinski definition) is 4. The van der Waals surface area contributed by atoms with Gasteiger partial charge in [-0.1, -0.05) is 0 Å². The second-order valence-corrected chi connectivity index (χ2v) is 4.43. The number of urea groups is 1. The Morgan fingerprint density at radius 1 is 1.47 bits per heavy atom. The molecule has 0 saturated carbocycles. The normalized spacial score (nSPS) is 22.5. The van der Waals surface area contributed by atoms with Gasteiger partial charge in [-0.15, -0.1) is 0 Å². The molecule has 0 spiro atoms. The smallest absolute Gasteiger partial charge is 0.326 e. The van der Waals surface area contributed by atoms with Crippen LogP contribution in [-0.4, -0.2) is 61.9 Å². The molecule has 19 heavy (non-hydrogen) atoms. The number of imidazole rings is 1. The fourth-order valence-electron chi connectivity index (χ4n) is 2.08. The molecule has 1 fully saturated rings. The Kier molecular flexibility index (Phi) is 4.00. The van der Waals surface area contributed by atoms with Crippen LogP contribution in [0.3, 0.4) is 0 Å². The maximum atomic E-state index is 11.8. The number of aliphatic hydroxyl groups is 1. The summed E-state index contributed by atoms with van der Waals surface area (Å²) in [5.41, 5.74) is 0. The van der Waals surface area contributed by atoms with E-state index in [4.69, 9.17) is 5.11 Å². The number of rotatable bonds is 4. The van der Waals surface area contributed by atoms with Crippen LogP contribution in [0.25, 0.3) is 0 Å². The van der Waals surface area contributed by atoms with Gasteiger partial charge in [0.1, 0.15) is 6.04 Å². The highest BCUT2D eigenvalue weighted by Gasteiger charge is 2.38. The monoisotopic (exact) mass is 268 g/mol. The number of carbonyl (C=O) groups excluding carboxylic acids is 1. The van der Waals surface area contributed by atoms with Crippen LogP contribution in [0.4, 0.5) is 4.79 Å². The van der Waals surface area contributed by atoms with Gasteiger partial charge in [-0.25, -0.2) is 14.6 Å². The number of nitrogens with one attached hydrogen (secondary N) is 1. The van der Waals surface area contributed by atoms with Crippen molar-refractivity contribution in [3.05, 3.63) is 18.7 Å². The average Bonchev–Trinajstić information content (AvgIpc) is 2.98. The molecule has 1 aromatic heterocycles. The van der Waals surface area contributed by atoms with Gasteiger partial charge >= 0.3 is 12.0 Å². The second kappa shape index (κ2) is 5.70. The van der Waals surface area contributed by atoms with Gasteiger partial charge in [-0.2, -0.15) is 0 Å². The Bertz CT molecular complexity index is 448. The summed E-state index contributed by atoms with van der Waals surface area (Å²) in [4.78, 5) is 27.9. The van der Waals surface area contributed by atoms with Crippen LogP contribution < -0.4 is 5.32 Å². The maximum absolute atomic E-state index is 11.8. The summed E-state index contributed by atoms with van der Waals surface area (Å²) in [6, 6.07) is -1.42. The molecule has 2 heterocycles. The highest BCUT2D eigenvalue weighted by atomic mass is 16.4. The molecule has 0 aliphatic carbocycles. The molecule has 2 atom stereocenters. The van der Waals surface area contributed by atoms with Crippen LogP contribution in [-0.2, 0) is 11.3 Å². The fraction of sp³-hybridized carbons (Fsp3) is 0.545. The molecule has 0 bridgehead atoms. The number of carboxylic acids is 1. The third-order valence-electron chi connectivity index (χ3n) is 3.03. The second-order valence-electron chi connectivity index (χ2n) is 4.43. The van der Waals surface area contributed by atoms with Gasteiger partial charge in [0.05, 0.1) is 12.4 Å². The van der Waals surface area contributed by atoms with E-state index in [9.17, 15) is 14.7 Å². The lowest BCUT2D eigenvalue weighted by Gasteiger charge is -2.21.